The summed E-state index contributed by atoms with van der Waals surface area (Å²) >= 11 is 0. The predicted octanol–water partition coefficient (Wildman–Crippen LogP) is 2.09. The summed E-state index contributed by atoms with van der Waals surface area (Å²) < 4.78 is 22.6. The fourth-order valence-electron chi connectivity index (χ4n) is 2.63. The Kier molecular flexibility index (Phi) is 6.17. The van der Waals surface area contributed by atoms with Crippen LogP contribution in [0.3, 0.4) is 0 Å². The Balaban J connectivity index is 1.52. The summed E-state index contributed by atoms with van der Waals surface area (Å²) in [5.41, 5.74) is 3.36. The molecule has 3 aromatic rings. The van der Waals surface area contributed by atoms with Crippen LogP contribution in [0, 0.1) is 6.92 Å². The van der Waals surface area contributed by atoms with Crippen molar-refractivity contribution in [3.8, 4) is 0 Å². The molecule has 3 rings (SSSR count). The molecule has 0 unspecified atom stereocenters. The molecule has 0 bridgehead atoms. The number of anilines is 2. The van der Waals surface area contributed by atoms with E-state index in [0.717, 1.165) is 5.56 Å². The minimum Gasteiger partial charge on any atom is -0.368 e. The van der Waals surface area contributed by atoms with E-state index in [1.807, 2.05) is 12.1 Å². The number of hydrogen-bond acceptors (Lipinski definition) is 7. The first-order chi connectivity index (χ1) is 13.4. The molecule has 0 radical (unpaired) electrons. The minimum absolute atomic E-state index is 0.105. The zero-order chi connectivity index (χ0) is 20.0. The number of nitrogens with two attached hydrogens (primary N) is 1. The van der Waals surface area contributed by atoms with Crippen LogP contribution in [-0.2, 0) is 23.0 Å². The zero-order valence-electron chi connectivity index (χ0n) is 15.5. The smallest absolute Gasteiger partial charge is 0.244 e. The van der Waals surface area contributed by atoms with Gasteiger partial charge in [0, 0.05) is 13.1 Å². The number of aryl methyl sites for hydroxylation is 1. The van der Waals surface area contributed by atoms with Gasteiger partial charge in [-0.05, 0) is 42.2 Å². The molecular weight excluding hydrogens is 376 g/mol. The van der Waals surface area contributed by atoms with Gasteiger partial charge in [-0.1, -0.05) is 36.4 Å². The van der Waals surface area contributed by atoms with Crippen molar-refractivity contribution in [1.29, 1.82) is 0 Å². The number of primary sulfonamides is 1. The quantitative estimate of drug-likeness (QED) is 0.531. The summed E-state index contributed by atoms with van der Waals surface area (Å²) in [5, 5.41) is 19.4. The lowest BCUT2D eigenvalue weighted by molar-refractivity contribution is 0.598. The van der Waals surface area contributed by atoms with E-state index in [2.05, 4.69) is 44.9 Å². The van der Waals surface area contributed by atoms with E-state index in [4.69, 9.17) is 5.14 Å². The van der Waals surface area contributed by atoms with Gasteiger partial charge in [-0.2, -0.15) is 10.1 Å². The Morgan fingerprint density at radius 2 is 1.79 bits per heavy atom. The molecule has 28 heavy (non-hydrogen) atoms. The van der Waals surface area contributed by atoms with E-state index in [1.54, 1.807) is 18.3 Å². The number of aromatic nitrogens is 3. The lowest BCUT2D eigenvalue weighted by atomic mass is 10.1. The summed E-state index contributed by atoms with van der Waals surface area (Å²) in [6.45, 7) is 3.29. The number of sulfonamides is 1. The molecule has 0 saturated heterocycles. The molecule has 2 aromatic carbocycles. The molecular formula is C19H22N6O2S. The predicted molar refractivity (Wildman–Crippen MR) is 108 cm³/mol. The second kappa shape index (κ2) is 8.77. The van der Waals surface area contributed by atoms with Gasteiger partial charge in [0.2, 0.25) is 16.0 Å². The van der Waals surface area contributed by atoms with Crippen LogP contribution in [0.5, 0.6) is 0 Å². The molecule has 146 valence electrons. The minimum atomic E-state index is -3.66. The molecule has 1 heterocycles. The second-order valence-corrected chi connectivity index (χ2v) is 7.87. The van der Waals surface area contributed by atoms with Gasteiger partial charge in [-0.25, -0.2) is 13.6 Å². The average molecular weight is 398 g/mol. The number of nitrogens with zero attached hydrogens (tertiary/aromatic N) is 3. The van der Waals surface area contributed by atoms with Gasteiger partial charge in [-0.3, -0.25) is 0 Å². The Morgan fingerprint density at radius 1 is 1.04 bits per heavy atom. The van der Waals surface area contributed by atoms with Crippen molar-refractivity contribution in [3.05, 3.63) is 71.4 Å². The largest absolute Gasteiger partial charge is 0.368 e. The third-order valence-corrected chi connectivity index (χ3v) is 5.16. The normalized spacial score (nSPS) is 11.2. The van der Waals surface area contributed by atoms with E-state index < -0.39 is 10.0 Å². The van der Waals surface area contributed by atoms with Crippen molar-refractivity contribution in [1.82, 2.24) is 15.2 Å². The lowest BCUT2D eigenvalue weighted by Gasteiger charge is -2.09. The molecule has 1 aromatic heterocycles. The van der Waals surface area contributed by atoms with E-state index in [9.17, 15) is 8.42 Å². The average Bonchev–Trinajstić information content (AvgIpc) is 2.67. The molecule has 9 heteroatoms. The van der Waals surface area contributed by atoms with Gasteiger partial charge in [0.25, 0.3) is 0 Å². The number of benzene rings is 2. The summed E-state index contributed by atoms with van der Waals surface area (Å²) in [7, 11) is -3.66. The summed E-state index contributed by atoms with van der Waals surface area (Å²) in [6.07, 6.45) is 2.25. The zero-order valence-corrected chi connectivity index (χ0v) is 16.3. The second-order valence-electron chi connectivity index (χ2n) is 6.31. The molecule has 0 aliphatic carbocycles. The molecule has 0 atom stereocenters. The molecule has 0 saturated carbocycles. The number of nitrogens with one attached hydrogen (secondary N) is 2. The fraction of sp³-hybridized carbons (Fsp3) is 0.211. The monoisotopic (exact) mass is 398 g/mol. The standard InChI is InChI=1S/C19H22N6O2S/c1-14-4-2-3-5-16(14)12-22-19-24-18(13-23-25-19)21-11-10-15-6-8-17(9-7-15)28(20,26)27/h2-9,13H,10-12H2,1H3,(H2,20,26,27)(H2,21,22,24,25). The maximum absolute atomic E-state index is 11.3. The first-order valence-corrected chi connectivity index (χ1v) is 10.3. The van der Waals surface area contributed by atoms with E-state index in [1.165, 1.54) is 23.3 Å². The highest BCUT2D eigenvalue weighted by Gasteiger charge is 2.07. The van der Waals surface area contributed by atoms with Crippen LogP contribution >= 0.6 is 0 Å². The third-order valence-electron chi connectivity index (χ3n) is 4.23. The Bertz CT molecular complexity index is 1040. The van der Waals surface area contributed by atoms with Crippen molar-refractivity contribution >= 4 is 21.8 Å². The molecule has 0 spiro atoms. The Hall–Kier alpha value is -3.04. The molecule has 0 aliphatic heterocycles. The van der Waals surface area contributed by atoms with E-state index in [0.29, 0.717) is 31.3 Å². The van der Waals surface area contributed by atoms with Crippen LogP contribution in [0.25, 0.3) is 0 Å². The molecule has 0 fully saturated rings. The molecule has 8 nitrogen and oxygen atoms in total. The van der Waals surface area contributed by atoms with Crippen LogP contribution in [0.1, 0.15) is 16.7 Å². The van der Waals surface area contributed by atoms with Crippen LogP contribution in [0.4, 0.5) is 11.8 Å². The highest BCUT2D eigenvalue weighted by atomic mass is 32.2. The Morgan fingerprint density at radius 3 is 2.50 bits per heavy atom. The third kappa shape index (κ3) is 5.48. The van der Waals surface area contributed by atoms with Crippen molar-refractivity contribution in [2.75, 3.05) is 17.2 Å². The fourth-order valence-corrected chi connectivity index (χ4v) is 3.14. The van der Waals surface area contributed by atoms with Crippen LogP contribution in [-0.4, -0.2) is 30.1 Å². The van der Waals surface area contributed by atoms with Crippen molar-refractivity contribution in [2.45, 2.75) is 24.8 Å². The first kappa shape index (κ1) is 19.7. The van der Waals surface area contributed by atoms with E-state index >= 15 is 0 Å². The molecule has 4 N–H and O–H groups in total. The van der Waals surface area contributed by atoms with Gasteiger partial charge in [0.15, 0.2) is 5.82 Å². The van der Waals surface area contributed by atoms with Crippen molar-refractivity contribution in [3.63, 3.8) is 0 Å². The van der Waals surface area contributed by atoms with Crippen molar-refractivity contribution in [2.24, 2.45) is 5.14 Å². The molecule has 0 aliphatic rings. The highest BCUT2D eigenvalue weighted by Crippen LogP contribution is 2.11. The van der Waals surface area contributed by atoms with Gasteiger partial charge in [0.1, 0.15) is 0 Å². The summed E-state index contributed by atoms with van der Waals surface area (Å²) in [6, 6.07) is 14.6. The van der Waals surface area contributed by atoms with Crippen LogP contribution < -0.4 is 15.8 Å². The van der Waals surface area contributed by atoms with E-state index in [-0.39, 0.29) is 4.90 Å². The van der Waals surface area contributed by atoms with Gasteiger partial charge in [-0.15, -0.1) is 5.10 Å². The van der Waals surface area contributed by atoms with Crippen molar-refractivity contribution < 1.29 is 8.42 Å². The van der Waals surface area contributed by atoms with Gasteiger partial charge < -0.3 is 10.6 Å². The maximum Gasteiger partial charge on any atom is 0.244 e. The van der Waals surface area contributed by atoms with Crippen LogP contribution in [0.15, 0.2) is 59.6 Å². The topological polar surface area (TPSA) is 123 Å². The van der Waals surface area contributed by atoms with Crippen LogP contribution in [0.2, 0.25) is 0 Å². The lowest BCUT2D eigenvalue weighted by Crippen LogP contribution is -2.12. The summed E-state index contributed by atoms with van der Waals surface area (Å²) in [5.74, 6) is 1.06. The maximum atomic E-state index is 11.3. The van der Waals surface area contributed by atoms with Gasteiger partial charge >= 0.3 is 0 Å². The first-order valence-electron chi connectivity index (χ1n) is 8.75. The number of hydrogen-bond donors (Lipinski definition) is 3. The Labute approximate surface area is 164 Å². The molecule has 0 amide bonds. The highest BCUT2D eigenvalue weighted by molar-refractivity contribution is 7.89. The summed E-state index contributed by atoms with van der Waals surface area (Å²) in [4.78, 5) is 4.51. The number of rotatable bonds is 8. The van der Waals surface area contributed by atoms with Gasteiger partial charge in [0.05, 0.1) is 11.1 Å². The SMILES string of the molecule is Cc1ccccc1CNc1nncc(NCCc2ccc(S(N)(=O)=O)cc2)n1.